The highest BCUT2D eigenvalue weighted by atomic mass is 35.5. The van der Waals surface area contributed by atoms with Crippen molar-refractivity contribution in [1.29, 1.82) is 0 Å². The first-order chi connectivity index (χ1) is 19.2. The van der Waals surface area contributed by atoms with Gasteiger partial charge in [0.25, 0.3) is 0 Å². The average Bonchev–Trinajstić information content (AvgIpc) is 3.55. The maximum atomic E-state index is 14.2. The number of hydrogen-bond acceptors (Lipinski definition) is 4. The van der Waals surface area contributed by atoms with Crippen molar-refractivity contribution in [2.75, 3.05) is 5.32 Å². The Bertz CT molecular complexity index is 1380. The van der Waals surface area contributed by atoms with E-state index in [1.807, 2.05) is 30.4 Å². The van der Waals surface area contributed by atoms with Crippen LogP contribution < -0.4 is 10.6 Å². The minimum Gasteiger partial charge on any atom is -0.359 e. The van der Waals surface area contributed by atoms with Gasteiger partial charge in [-0.2, -0.15) is 0 Å². The average molecular weight is 583 g/mol. The number of amides is 3. The molecule has 2 aromatic rings. The van der Waals surface area contributed by atoms with E-state index in [4.69, 9.17) is 27.9 Å². The van der Waals surface area contributed by atoms with Gasteiger partial charge in [0.2, 0.25) is 17.7 Å². The molecule has 6 rings (SSSR count). The van der Waals surface area contributed by atoms with Crippen LogP contribution in [0.4, 0.5) is 5.69 Å². The first-order valence-electron chi connectivity index (χ1n) is 14.0. The molecule has 40 heavy (non-hydrogen) atoms. The number of carbonyl (C=O) groups excluding carboxylic acids is 3. The number of fused-ring (bicyclic) bond motifs is 1. The van der Waals surface area contributed by atoms with Crippen molar-refractivity contribution in [1.82, 2.24) is 10.2 Å². The van der Waals surface area contributed by atoms with Crippen molar-refractivity contribution in [2.24, 2.45) is 23.7 Å². The van der Waals surface area contributed by atoms with Crippen molar-refractivity contribution in [3.8, 4) is 0 Å². The van der Waals surface area contributed by atoms with Gasteiger partial charge < -0.3 is 20.3 Å². The zero-order valence-corrected chi connectivity index (χ0v) is 24.0. The molecule has 2 N–H and O–H groups in total. The van der Waals surface area contributed by atoms with Gasteiger partial charge in [0.05, 0.1) is 17.9 Å². The summed E-state index contributed by atoms with van der Waals surface area (Å²) in [5.74, 6) is -1.72. The number of carbonyl (C=O) groups is 3. The third kappa shape index (κ3) is 4.52. The smallest absolute Gasteiger partial charge is 0.246 e. The van der Waals surface area contributed by atoms with Crippen molar-refractivity contribution < 1.29 is 19.1 Å². The van der Waals surface area contributed by atoms with E-state index < -0.39 is 29.6 Å². The standard InChI is InChI=1S/C31H33Cl2N3O4/c1-17-7-5-12-23(18(17)2)35-29(38)27-31-14-13-24(40-31)25(28(37)34-21-10-6-9-20(32)15-21)26(31)30(39)36(27)16-19-8-3-4-11-22(19)33/h3-4,6,8-11,13-15,17-18,23-27H,5,7,12,16H2,1-2H3,(H,34,37)(H,35,38)/t17-,18+,23+,24+,25-,26+,27+,31+/m1/s1. The molecule has 3 fully saturated rings. The van der Waals surface area contributed by atoms with Gasteiger partial charge >= 0.3 is 0 Å². The summed E-state index contributed by atoms with van der Waals surface area (Å²) in [7, 11) is 0. The number of likely N-dealkylation sites (tertiary alicyclic amines) is 1. The van der Waals surface area contributed by atoms with Gasteiger partial charge in [-0.3, -0.25) is 14.4 Å². The second-order valence-corrected chi connectivity index (χ2v) is 12.5. The summed E-state index contributed by atoms with van der Waals surface area (Å²) >= 11 is 12.6. The highest BCUT2D eigenvalue weighted by molar-refractivity contribution is 6.31. The lowest BCUT2D eigenvalue weighted by atomic mass is 9.73. The molecule has 2 bridgehead atoms. The number of hydrogen-bond donors (Lipinski definition) is 2. The van der Waals surface area contributed by atoms with Gasteiger partial charge in [-0.15, -0.1) is 0 Å². The summed E-state index contributed by atoms with van der Waals surface area (Å²) in [5.41, 5.74) is 0.0172. The predicted molar refractivity (Wildman–Crippen MR) is 154 cm³/mol. The number of benzene rings is 2. The third-order valence-corrected chi connectivity index (χ3v) is 9.95. The Balaban J connectivity index is 1.34. The molecular formula is C31H33Cl2N3O4. The van der Waals surface area contributed by atoms with Crippen molar-refractivity contribution in [3.05, 3.63) is 76.3 Å². The zero-order valence-electron chi connectivity index (χ0n) is 22.5. The lowest BCUT2D eigenvalue weighted by Crippen LogP contribution is -2.57. The van der Waals surface area contributed by atoms with E-state index in [1.165, 1.54) is 0 Å². The Hall–Kier alpha value is -2.87. The molecule has 2 saturated heterocycles. The molecule has 0 radical (unpaired) electrons. The van der Waals surface area contributed by atoms with Crippen LogP contribution in [0.1, 0.15) is 38.7 Å². The van der Waals surface area contributed by atoms with Crippen LogP contribution in [0.15, 0.2) is 60.7 Å². The summed E-state index contributed by atoms with van der Waals surface area (Å²) in [4.78, 5) is 43.6. The van der Waals surface area contributed by atoms with Crippen molar-refractivity contribution >= 4 is 46.6 Å². The molecule has 1 aliphatic carbocycles. The number of anilines is 1. The second kappa shape index (κ2) is 10.5. The number of rotatable bonds is 6. The van der Waals surface area contributed by atoms with Crippen LogP contribution in [0.25, 0.3) is 0 Å². The molecule has 4 aliphatic rings. The molecule has 3 amide bonds. The monoisotopic (exact) mass is 581 g/mol. The molecule has 210 valence electrons. The maximum Gasteiger partial charge on any atom is 0.246 e. The van der Waals surface area contributed by atoms with Crippen LogP contribution in [0, 0.1) is 23.7 Å². The lowest BCUT2D eigenvalue weighted by molar-refractivity contribution is -0.142. The number of halogens is 2. The maximum absolute atomic E-state index is 14.2. The molecule has 0 unspecified atom stereocenters. The molecular weight excluding hydrogens is 549 g/mol. The SMILES string of the molecule is C[C@H]1[C@H](C)CCC[C@@H]1NC(=O)[C@@H]1N(Cc2ccccc2Cl)C(=O)[C@@H]2[C@H](C(=O)Nc3cccc(Cl)c3)[C@@H]3C=C[C@]21O3. The minimum absolute atomic E-state index is 0.00785. The molecule has 3 heterocycles. The van der Waals surface area contributed by atoms with Crippen LogP contribution in [-0.4, -0.2) is 46.4 Å². The number of ether oxygens (including phenoxy) is 1. The predicted octanol–water partition coefficient (Wildman–Crippen LogP) is 5.22. The summed E-state index contributed by atoms with van der Waals surface area (Å²) in [6, 6.07) is 13.2. The van der Waals surface area contributed by atoms with Gasteiger partial charge in [0.1, 0.15) is 11.6 Å². The minimum atomic E-state index is -1.24. The van der Waals surface area contributed by atoms with Gasteiger partial charge in [-0.25, -0.2) is 0 Å². The Morgan fingerprint density at radius 2 is 1.88 bits per heavy atom. The van der Waals surface area contributed by atoms with Crippen molar-refractivity contribution in [2.45, 2.75) is 63.4 Å². The fraction of sp³-hybridized carbons (Fsp3) is 0.452. The van der Waals surface area contributed by atoms with Gasteiger partial charge in [0.15, 0.2) is 0 Å². The summed E-state index contributed by atoms with van der Waals surface area (Å²) < 4.78 is 6.46. The van der Waals surface area contributed by atoms with Crippen LogP contribution in [0.5, 0.6) is 0 Å². The molecule has 9 heteroatoms. The van der Waals surface area contributed by atoms with Gasteiger partial charge in [-0.05, 0) is 48.1 Å². The molecule has 2 aromatic carbocycles. The highest BCUT2D eigenvalue weighted by Crippen LogP contribution is 2.55. The van der Waals surface area contributed by atoms with E-state index >= 15 is 0 Å². The number of nitrogens with zero attached hydrogens (tertiary/aromatic N) is 1. The van der Waals surface area contributed by atoms with Gasteiger partial charge in [-0.1, -0.05) is 86.3 Å². The van der Waals surface area contributed by atoms with Crippen LogP contribution in [0.2, 0.25) is 10.0 Å². The van der Waals surface area contributed by atoms with Crippen molar-refractivity contribution in [3.63, 3.8) is 0 Å². The Morgan fingerprint density at radius 1 is 1.07 bits per heavy atom. The largest absolute Gasteiger partial charge is 0.359 e. The van der Waals surface area contributed by atoms with Crippen LogP contribution in [0.3, 0.4) is 0 Å². The van der Waals surface area contributed by atoms with Gasteiger partial charge in [0, 0.05) is 28.3 Å². The van der Waals surface area contributed by atoms with Crippen LogP contribution in [-0.2, 0) is 25.7 Å². The summed E-state index contributed by atoms with van der Waals surface area (Å²) in [6.45, 7) is 4.52. The Kier molecular flexibility index (Phi) is 7.18. The Labute approximate surface area is 244 Å². The van der Waals surface area contributed by atoms with Crippen LogP contribution >= 0.6 is 23.2 Å². The first-order valence-corrected chi connectivity index (χ1v) is 14.7. The topological polar surface area (TPSA) is 87.7 Å². The second-order valence-electron chi connectivity index (χ2n) is 11.6. The molecule has 3 aliphatic heterocycles. The van der Waals surface area contributed by atoms with E-state index in [-0.39, 0.29) is 30.3 Å². The quantitative estimate of drug-likeness (QED) is 0.457. The molecule has 1 saturated carbocycles. The fourth-order valence-electron chi connectivity index (χ4n) is 7.09. The highest BCUT2D eigenvalue weighted by Gasteiger charge is 2.72. The van der Waals surface area contributed by atoms with E-state index in [0.717, 1.165) is 24.8 Å². The normalized spacial score (nSPS) is 34.1. The van der Waals surface area contributed by atoms with E-state index in [0.29, 0.717) is 27.6 Å². The van der Waals surface area contributed by atoms with E-state index in [1.54, 1.807) is 35.2 Å². The third-order valence-electron chi connectivity index (χ3n) is 9.35. The summed E-state index contributed by atoms with van der Waals surface area (Å²) in [5, 5.41) is 7.18. The van der Waals surface area contributed by atoms with E-state index in [9.17, 15) is 14.4 Å². The molecule has 7 nitrogen and oxygen atoms in total. The zero-order chi connectivity index (χ0) is 28.2. The first kappa shape index (κ1) is 27.3. The fourth-order valence-corrected chi connectivity index (χ4v) is 7.47. The summed E-state index contributed by atoms with van der Waals surface area (Å²) in [6.07, 6.45) is 6.10. The lowest BCUT2D eigenvalue weighted by Gasteiger charge is -2.38. The number of nitrogens with one attached hydrogen (secondary N) is 2. The molecule has 8 atom stereocenters. The molecule has 0 aromatic heterocycles. The Morgan fingerprint density at radius 3 is 2.65 bits per heavy atom. The van der Waals surface area contributed by atoms with E-state index in [2.05, 4.69) is 24.5 Å². The molecule has 1 spiro atoms.